The Balaban J connectivity index is 2.19. The highest BCUT2D eigenvalue weighted by Gasteiger charge is 2.32. The molecule has 0 atom stereocenters. The number of piperidine rings is 1. The lowest BCUT2D eigenvalue weighted by atomic mass is 9.97. The summed E-state index contributed by atoms with van der Waals surface area (Å²) in [5, 5.41) is 15.3. The van der Waals surface area contributed by atoms with Gasteiger partial charge in [-0.05, 0) is 19.8 Å². The van der Waals surface area contributed by atoms with Crippen molar-refractivity contribution in [3.8, 4) is 0 Å². The van der Waals surface area contributed by atoms with Crippen molar-refractivity contribution in [2.45, 2.75) is 19.8 Å². The molecule has 0 unspecified atom stereocenters. The van der Waals surface area contributed by atoms with Crippen LogP contribution in [0.3, 0.4) is 0 Å². The lowest BCUT2D eigenvalue weighted by Gasteiger charge is -2.31. The van der Waals surface area contributed by atoms with Crippen molar-refractivity contribution >= 4 is 17.5 Å². The van der Waals surface area contributed by atoms with E-state index < -0.39 is 4.92 Å². The lowest BCUT2D eigenvalue weighted by Crippen LogP contribution is -2.38. The molecule has 1 aromatic rings. The second-order valence-electron chi connectivity index (χ2n) is 4.92. The first-order valence-corrected chi connectivity index (χ1v) is 6.46. The summed E-state index contributed by atoms with van der Waals surface area (Å²) in [6, 6.07) is 0. The number of methoxy groups -OCH3 is 1. The zero-order valence-corrected chi connectivity index (χ0v) is 11.8. The van der Waals surface area contributed by atoms with Crippen LogP contribution in [0.25, 0.3) is 0 Å². The Kier molecular flexibility index (Phi) is 3.91. The quantitative estimate of drug-likeness (QED) is 0.467. The van der Waals surface area contributed by atoms with E-state index in [0.29, 0.717) is 37.4 Å². The Bertz CT molecular complexity index is 532. The van der Waals surface area contributed by atoms with Gasteiger partial charge in [-0.15, -0.1) is 0 Å². The molecule has 8 heteroatoms. The molecule has 0 N–H and O–H groups in total. The fourth-order valence-corrected chi connectivity index (χ4v) is 2.70. The Hall–Kier alpha value is -2.12. The molecule has 0 spiro atoms. The smallest absolute Gasteiger partial charge is 0.333 e. The molecule has 0 saturated carbocycles. The number of anilines is 1. The molecular weight excluding hydrogens is 264 g/mol. The van der Waals surface area contributed by atoms with Crippen LogP contribution in [-0.4, -0.2) is 40.9 Å². The van der Waals surface area contributed by atoms with Crippen LogP contribution in [0.1, 0.15) is 18.5 Å². The average molecular weight is 282 g/mol. The van der Waals surface area contributed by atoms with Gasteiger partial charge in [0.25, 0.3) is 0 Å². The van der Waals surface area contributed by atoms with Gasteiger partial charge in [0.1, 0.15) is 5.69 Å². The predicted molar refractivity (Wildman–Crippen MR) is 71.6 cm³/mol. The molecule has 1 saturated heterocycles. The third kappa shape index (κ3) is 2.45. The fraction of sp³-hybridized carbons (Fsp3) is 0.667. The van der Waals surface area contributed by atoms with E-state index in [0.717, 1.165) is 0 Å². The van der Waals surface area contributed by atoms with Gasteiger partial charge in [-0.3, -0.25) is 14.9 Å². The van der Waals surface area contributed by atoms with Crippen molar-refractivity contribution < 1.29 is 14.5 Å². The summed E-state index contributed by atoms with van der Waals surface area (Å²) >= 11 is 0. The number of nitrogens with zero attached hydrogens (tertiary/aromatic N) is 4. The van der Waals surface area contributed by atoms with Crippen LogP contribution in [0.15, 0.2) is 0 Å². The molecule has 0 aromatic carbocycles. The van der Waals surface area contributed by atoms with E-state index in [1.807, 2.05) is 4.90 Å². The first kappa shape index (κ1) is 14.3. The van der Waals surface area contributed by atoms with Crippen LogP contribution in [-0.2, 0) is 16.6 Å². The Morgan fingerprint density at radius 1 is 1.45 bits per heavy atom. The molecule has 0 aliphatic carbocycles. The maximum Gasteiger partial charge on any atom is 0.333 e. The summed E-state index contributed by atoms with van der Waals surface area (Å²) in [4.78, 5) is 24.2. The van der Waals surface area contributed by atoms with Crippen LogP contribution in [0.4, 0.5) is 11.5 Å². The third-order valence-corrected chi connectivity index (χ3v) is 3.67. The van der Waals surface area contributed by atoms with E-state index in [1.165, 1.54) is 11.8 Å². The Labute approximate surface area is 116 Å². The van der Waals surface area contributed by atoms with Gasteiger partial charge in [-0.1, -0.05) is 0 Å². The Morgan fingerprint density at radius 2 is 2.05 bits per heavy atom. The molecular formula is C12H18N4O4. The molecule has 110 valence electrons. The number of hydrogen-bond donors (Lipinski definition) is 0. The second kappa shape index (κ2) is 5.48. The molecule has 2 heterocycles. The van der Waals surface area contributed by atoms with E-state index in [4.69, 9.17) is 4.74 Å². The summed E-state index contributed by atoms with van der Waals surface area (Å²) in [6.07, 6.45) is 1.27. The minimum Gasteiger partial charge on any atom is -0.469 e. The third-order valence-electron chi connectivity index (χ3n) is 3.67. The highest BCUT2D eigenvalue weighted by Crippen LogP contribution is 2.33. The molecule has 0 radical (unpaired) electrons. The van der Waals surface area contributed by atoms with Crippen LogP contribution in [0.2, 0.25) is 0 Å². The summed E-state index contributed by atoms with van der Waals surface area (Å²) in [7, 11) is 3.08. The first-order chi connectivity index (χ1) is 9.45. The topological polar surface area (TPSA) is 90.5 Å². The largest absolute Gasteiger partial charge is 0.469 e. The van der Waals surface area contributed by atoms with Gasteiger partial charge in [0.2, 0.25) is 5.82 Å². The fourth-order valence-electron chi connectivity index (χ4n) is 2.70. The first-order valence-electron chi connectivity index (χ1n) is 6.46. The van der Waals surface area contributed by atoms with Gasteiger partial charge in [0.05, 0.1) is 18.0 Å². The van der Waals surface area contributed by atoms with Gasteiger partial charge in [0.15, 0.2) is 0 Å². The van der Waals surface area contributed by atoms with E-state index in [9.17, 15) is 14.9 Å². The normalized spacial score (nSPS) is 16.2. The minimum atomic E-state index is -0.399. The second-order valence-corrected chi connectivity index (χ2v) is 4.92. The van der Waals surface area contributed by atoms with Gasteiger partial charge < -0.3 is 9.64 Å². The zero-order chi connectivity index (χ0) is 14.9. The van der Waals surface area contributed by atoms with E-state index in [-0.39, 0.29) is 17.6 Å². The van der Waals surface area contributed by atoms with Crippen molar-refractivity contribution in [2.24, 2.45) is 13.0 Å². The van der Waals surface area contributed by atoms with E-state index in [2.05, 4.69) is 5.10 Å². The van der Waals surface area contributed by atoms with Gasteiger partial charge in [0, 0.05) is 20.1 Å². The summed E-state index contributed by atoms with van der Waals surface area (Å²) in [5.74, 6) is 0.181. The SMILES string of the molecule is COC(=O)C1CCN(c2c([N+](=O)[O-])c(C)nn2C)CC1. The predicted octanol–water partition coefficient (Wildman–Crippen LogP) is 1.03. The molecule has 1 aliphatic rings. The van der Waals surface area contributed by atoms with Gasteiger partial charge in [-0.2, -0.15) is 5.10 Å². The van der Waals surface area contributed by atoms with Gasteiger partial charge in [-0.25, -0.2) is 4.68 Å². The molecule has 0 amide bonds. The van der Waals surface area contributed by atoms with Crippen molar-refractivity contribution in [3.05, 3.63) is 15.8 Å². The lowest BCUT2D eigenvalue weighted by molar-refractivity contribution is -0.384. The van der Waals surface area contributed by atoms with Crippen LogP contribution in [0, 0.1) is 23.0 Å². The van der Waals surface area contributed by atoms with Crippen molar-refractivity contribution in [1.29, 1.82) is 0 Å². The standard InChI is InChI=1S/C12H18N4O4/c1-8-10(16(18)19)11(14(2)13-8)15-6-4-9(5-7-15)12(17)20-3/h9H,4-7H2,1-3H3. The number of rotatable bonds is 3. The van der Waals surface area contributed by atoms with Crippen molar-refractivity contribution in [2.75, 3.05) is 25.1 Å². The number of ether oxygens (including phenoxy) is 1. The number of nitro groups is 1. The highest BCUT2D eigenvalue weighted by atomic mass is 16.6. The van der Waals surface area contributed by atoms with Crippen LogP contribution < -0.4 is 4.90 Å². The van der Waals surface area contributed by atoms with Crippen molar-refractivity contribution in [3.63, 3.8) is 0 Å². The molecule has 1 fully saturated rings. The van der Waals surface area contributed by atoms with E-state index in [1.54, 1.807) is 14.0 Å². The molecule has 1 aromatic heterocycles. The summed E-state index contributed by atoms with van der Waals surface area (Å²) in [6.45, 7) is 2.79. The Morgan fingerprint density at radius 3 is 2.55 bits per heavy atom. The average Bonchev–Trinajstić information content (AvgIpc) is 2.72. The number of esters is 1. The van der Waals surface area contributed by atoms with Crippen LogP contribution >= 0.6 is 0 Å². The molecule has 20 heavy (non-hydrogen) atoms. The summed E-state index contributed by atoms with van der Waals surface area (Å²) in [5.41, 5.74) is 0.451. The summed E-state index contributed by atoms with van der Waals surface area (Å²) < 4.78 is 6.27. The van der Waals surface area contributed by atoms with Crippen molar-refractivity contribution in [1.82, 2.24) is 9.78 Å². The van der Waals surface area contributed by atoms with Gasteiger partial charge >= 0.3 is 11.7 Å². The number of hydrogen-bond acceptors (Lipinski definition) is 6. The molecule has 0 bridgehead atoms. The number of aryl methyl sites for hydroxylation is 2. The molecule has 1 aliphatic heterocycles. The van der Waals surface area contributed by atoms with Crippen LogP contribution in [0.5, 0.6) is 0 Å². The molecule has 2 rings (SSSR count). The monoisotopic (exact) mass is 282 g/mol. The minimum absolute atomic E-state index is 0.0454. The molecule has 8 nitrogen and oxygen atoms in total. The number of aromatic nitrogens is 2. The zero-order valence-electron chi connectivity index (χ0n) is 11.8. The maximum atomic E-state index is 11.5. The number of carbonyl (C=O) groups is 1. The number of carbonyl (C=O) groups excluding carboxylic acids is 1. The highest BCUT2D eigenvalue weighted by molar-refractivity contribution is 5.73. The van der Waals surface area contributed by atoms with E-state index >= 15 is 0 Å². The maximum absolute atomic E-state index is 11.5.